The van der Waals surface area contributed by atoms with Crippen LogP contribution in [0.15, 0.2) is 78.9 Å². The minimum atomic E-state index is -2.66. The number of hydrogen-bond acceptors (Lipinski definition) is 2. The van der Waals surface area contributed by atoms with Crippen molar-refractivity contribution < 1.29 is 28.1 Å². The normalized spacial score (nSPS) is 12.1. The molecular weight excluding hydrogens is 453 g/mol. The van der Waals surface area contributed by atoms with E-state index in [-0.39, 0.29) is 35.3 Å². The van der Waals surface area contributed by atoms with E-state index in [1.54, 1.807) is 0 Å². The van der Waals surface area contributed by atoms with Crippen molar-refractivity contribution in [3.05, 3.63) is 102 Å². The van der Waals surface area contributed by atoms with E-state index in [4.69, 9.17) is 4.43 Å². The molecule has 0 unspecified atom stereocenters. The summed E-state index contributed by atoms with van der Waals surface area (Å²) in [5, 5.41) is 2.38. The van der Waals surface area contributed by atoms with Crippen LogP contribution < -0.4 is 29.2 Å². The van der Waals surface area contributed by atoms with Crippen LogP contribution in [0.2, 0.25) is 5.04 Å². The fourth-order valence-corrected chi connectivity index (χ4v) is 9.38. The molecule has 0 aliphatic rings. The van der Waals surface area contributed by atoms with Crippen molar-refractivity contribution in [1.82, 2.24) is 4.90 Å². The average molecular weight is 494 g/mol. The Morgan fingerprint density at radius 3 is 1.81 bits per heavy atom. The van der Waals surface area contributed by atoms with E-state index in [0.717, 1.165) is 11.1 Å². The first-order valence-corrected chi connectivity index (χ1v) is 14.3. The average Bonchev–Trinajstić information content (AvgIpc) is 2.80. The number of carbonyl (C=O) groups excluding carboxylic acids is 1. The molecule has 1 amide bonds. The van der Waals surface area contributed by atoms with Crippen LogP contribution in [0.25, 0.3) is 0 Å². The van der Waals surface area contributed by atoms with E-state index in [0.29, 0.717) is 18.7 Å². The van der Waals surface area contributed by atoms with Gasteiger partial charge in [-0.3, -0.25) is 4.79 Å². The van der Waals surface area contributed by atoms with Gasteiger partial charge in [0.1, 0.15) is 0 Å². The minimum Gasteiger partial charge on any atom is -0.406 e. The van der Waals surface area contributed by atoms with Crippen molar-refractivity contribution in [2.24, 2.45) is 0 Å². The molecule has 0 N–H and O–H groups in total. The van der Waals surface area contributed by atoms with Crippen LogP contribution in [-0.4, -0.2) is 37.8 Å². The summed E-state index contributed by atoms with van der Waals surface area (Å²) in [6, 6.07) is 27.1. The summed E-state index contributed by atoms with van der Waals surface area (Å²) in [5.41, 5.74) is 2.11. The molecule has 0 radical (unpaired) electrons. The molecule has 186 valence electrons. The van der Waals surface area contributed by atoms with Gasteiger partial charge in [-0.1, -0.05) is 92.6 Å². The van der Waals surface area contributed by atoms with Crippen LogP contribution in [0.1, 0.15) is 63.0 Å². The summed E-state index contributed by atoms with van der Waals surface area (Å²) < 4.78 is 7.06. The van der Waals surface area contributed by atoms with Crippen molar-refractivity contribution in [3.63, 3.8) is 0 Å². The molecule has 5 heteroatoms. The summed E-state index contributed by atoms with van der Waals surface area (Å²) in [6.07, 6.45) is 0. The van der Waals surface area contributed by atoms with E-state index in [1.165, 1.54) is 10.4 Å². The van der Waals surface area contributed by atoms with Crippen LogP contribution in [0, 0.1) is 13.8 Å². The van der Waals surface area contributed by atoms with Crippen LogP contribution in [-0.2, 0) is 4.43 Å². The quantitative estimate of drug-likeness (QED) is 0.374. The van der Waals surface area contributed by atoms with E-state index < -0.39 is 8.32 Å². The first kappa shape index (κ1) is 30.0. The predicted octanol–water partition coefficient (Wildman–Crippen LogP) is 3.00. The third-order valence-electron chi connectivity index (χ3n) is 6.60. The van der Waals surface area contributed by atoms with Crippen molar-refractivity contribution in [3.8, 4) is 0 Å². The maximum atomic E-state index is 13.7. The molecule has 3 aromatic carbocycles. The fourth-order valence-electron chi connectivity index (χ4n) is 4.83. The zero-order valence-electron chi connectivity index (χ0n) is 23.4. The Morgan fingerprint density at radius 2 is 1.36 bits per heavy atom. The van der Waals surface area contributed by atoms with Crippen LogP contribution in [0.3, 0.4) is 0 Å². The van der Waals surface area contributed by atoms with Gasteiger partial charge in [-0.15, -0.1) is 12.1 Å². The van der Waals surface area contributed by atoms with Gasteiger partial charge in [0.15, 0.2) is 5.91 Å². The molecule has 0 atom stereocenters. The Labute approximate surface area is 231 Å². The molecule has 0 bridgehead atoms. The van der Waals surface area contributed by atoms with E-state index in [1.807, 2.05) is 30.0 Å². The van der Waals surface area contributed by atoms with Crippen LogP contribution in [0.5, 0.6) is 0 Å². The molecule has 0 spiro atoms. The third kappa shape index (κ3) is 6.36. The Morgan fingerprint density at radius 1 is 0.861 bits per heavy atom. The second-order valence-corrected chi connectivity index (χ2v) is 15.6. The van der Waals surface area contributed by atoms with Gasteiger partial charge in [-0.25, -0.2) is 0 Å². The largest absolute Gasteiger partial charge is 1.00 e. The van der Waals surface area contributed by atoms with Gasteiger partial charge in [-0.2, -0.15) is 18.6 Å². The van der Waals surface area contributed by atoms with Crippen LogP contribution in [0.4, 0.5) is 0 Å². The first-order valence-electron chi connectivity index (χ1n) is 12.4. The van der Waals surface area contributed by atoms with Crippen molar-refractivity contribution in [2.75, 3.05) is 13.2 Å². The number of carbonyl (C=O) groups is 1. The number of nitrogens with zero attached hydrogens (tertiary/aromatic N) is 1. The topological polar surface area (TPSA) is 29.5 Å². The van der Waals surface area contributed by atoms with Crippen molar-refractivity contribution in [2.45, 2.75) is 59.0 Å². The van der Waals surface area contributed by atoms with Gasteiger partial charge < -0.3 is 9.33 Å². The molecule has 3 nitrogen and oxygen atoms in total. The Hall–Kier alpha value is -2.23. The minimum absolute atomic E-state index is 0. The monoisotopic (exact) mass is 493 g/mol. The van der Waals surface area contributed by atoms with Gasteiger partial charge in [0.25, 0.3) is 8.32 Å². The summed E-state index contributed by atoms with van der Waals surface area (Å²) in [6.45, 7) is 20.1. The summed E-state index contributed by atoms with van der Waals surface area (Å²) in [5.74, 6) is -0.00255. The summed E-state index contributed by atoms with van der Waals surface area (Å²) in [4.78, 5) is 15.6. The molecule has 0 heterocycles. The van der Waals surface area contributed by atoms with Gasteiger partial charge >= 0.3 is 18.9 Å². The fraction of sp³-hybridized carbons (Fsp3) is 0.355. The Bertz CT molecular complexity index is 1100. The SMILES string of the molecule is [CH2-]c1ccc(C)cc1C(=O)N(CCO[Si](c1ccccc1)(c1ccccc1)C(C)(C)C)C(C)(C)C.[Li+]. The second kappa shape index (κ2) is 11.9. The maximum absolute atomic E-state index is 13.7. The zero-order valence-corrected chi connectivity index (χ0v) is 24.4. The smallest absolute Gasteiger partial charge is 0.406 e. The van der Waals surface area contributed by atoms with Gasteiger partial charge in [-0.05, 0) is 43.1 Å². The Kier molecular flexibility index (Phi) is 9.90. The summed E-state index contributed by atoms with van der Waals surface area (Å²) >= 11 is 0. The molecule has 0 aliphatic carbocycles. The molecule has 0 saturated carbocycles. The van der Waals surface area contributed by atoms with Gasteiger partial charge in [0, 0.05) is 12.1 Å². The number of benzene rings is 3. The molecular formula is C31H40LiNO2Si. The van der Waals surface area contributed by atoms with E-state index in [2.05, 4.69) is 109 Å². The Balaban J connectivity index is 0.00000456. The van der Waals surface area contributed by atoms with Crippen molar-refractivity contribution in [1.29, 1.82) is 0 Å². The number of hydrogen-bond donors (Lipinski definition) is 0. The molecule has 0 fully saturated rings. The first-order chi connectivity index (χ1) is 16.4. The molecule has 3 rings (SSSR count). The standard InChI is InChI=1S/C31H40NO2Si.Li/c1-24-19-20-25(2)28(23-24)29(33)32(30(3,4)5)21-22-34-35(31(6,7)8,26-15-11-9-12-16-26)27-17-13-10-14-18-27;/h9-20,23H,2,21-22H2,1,3-8H3;/q-1;+1. The molecule has 3 aromatic rings. The summed E-state index contributed by atoms with van der Waals surface area (Å²) in [7, 11) is -2.66. The zero-order chi connectivity index (χ0) is 25.9. The van der Waals surface area contributed by atoms with Gasteiger partial charge in [0.05, 0.1) is 6.61 Å². The van der Waals surface area contributed by atoms with Crippen molar-refractivity contribution >= 4 is 24.6 Å². The third-order valence-corrected chi connectivity index (χ3v) is 11.6. The van der Waals surface area contributed by atoms with Crippen LogP contribution >= 0.6 is 0 Å². The van der Waals surface area contributed by atoms with E-state index in [9.17, 15) is 4.79 Å². The predicted molar refractivity (Wildman–Crippen MR) is 150 cm³/mol. The van der Waals surface area contributed by atoms with Gasteiger partial charge in [0.2, 0.25) is 0 Å². The molecule has 36 heavy (non-hydrogen) atoms. The second-order valence-electron chi connectivity index (χ2n) is 11.3. The van der Waals surface area contributed by atoms with E-state index >= 15 is 0 Å². The molecule has 0 aliphatic heterocycles. The number of rotatable bonds is 7. The maximum Gasteiger partial charge on any atom is 1.00 e. The molecule has 0 saturated heterocycles. The number of amides is 1. The number of aryl methyl sites for hydroxylation is 1. The molecule has 0 aromatic heterocycles.